The van der Waals surface area contributed by atoms with Gasteiger partial charge in [0.2, 0.25) is 5.91 Å². The second-order valence-electron chi connectivity index (χ2n) is 5.02. The predicted molar refractivity (Wildman–Crippen MR) is 60.6 cm³/mol. The number of nitrogens with one attached hydrogen (secondary N) is 1. The van der Waals surface area contributed by atoms with Crippen molar-refractivity contribution in [1.82, 2.24) is 10.2 Å². The van der Waals surface area contributed by atoms with Crippen molar-refractivity contribution in [2.45, 2.75) is 32.6 Å². The normalized spacial score (nSPS) is 32.3. The van der Waals surface area contributed by atoms with E-state index in [1.807, 2.05) is 6.92 Å². The maximum atomic E-state index is 11.7. The smallest absolute Gasteiger partial charge is 0.225 e. The monoisotopic (exact) mass is 210 g/mol. The second-order valence-corrected chi connectivity index (χ2v) is 5.02. The fourth-order valence-corrected chi connectivity index (χ4v) is 2.63. The van der Waals surface area contributed by atoms with E-state index in [9.17, 15) is 4.79 Å². The third-order valence-electron chi connectivity index (χ3n) is 3.77. The fraction of sp³-hybridized carbons (Fsp3) is 0.917. The summed E-state index contributed by atoms with van der Waals surface area (Å²) < 4.78 is 0. The van der Waals surface area contributed by atoms with Crippen LogP contribution in [0.25, 0.3) is 0 Å². The lowest BCUT2D eigenvalue weighted by molar-refractivity contribution is -0.130. The van der Waals surface area contributed by atoms with E-state index in [0.29, 0.717) is 5.91 Å². The number of likely N-dealkylation sites (tertiary alicyclic amines) is 1. The van der Waals surface area contributed by atoms with Crippen LogP contribution in [0.5, 0.6) is 0 Å². The van der Waals surface area contributed by atoms with Gasteiger partial charge in [-0.05, 0) is 44.7 Å². The third kappa shape index (κ3) is 2.71. The van der Waals surface area contributed by atoms with Crippen LogP contribution >= 0.6 is 0 Å². The average molecular weight is 210 g/mol. The van der Waals surface area contributed by atoms with E-state index < -0.39 is 0 Å². The summed E-state index contributed by atoms with van der Waals surface area (Å²) in [7, 11) is 0. The highest BCUT2D eigenvalue weighted by atomic mass is 16.2. The lowest BCUT2D eigenvalue weighted by Gasteiger charge is -2.25. The molecule has 0 aliphatic carbocycles. The Morgan fingerprint density at radius 1 is 1.47 bits per heavy atom. The van der Waals surface area contributed by atoms with Crippen LogP contribution in [0.3, 0.4) is 0 Å². The minimum atomic E-state index is 0.273. The molecule has 0 aromatic heterocycles. The molecule has 2 rings (SSSR count). The molecule has 2 fully saturated rings. The first-order valence-electron chi connectivity index (χ1n) is 6.27. The highest BCUT2D eigenvalue weighted by molar-refractivity contribution is 5.80. The van der Waals surface area contributed by atoms with Gasteiger partial charge in [0, 0.05) is 19.0 Å². The Bertz CT molecular complexity index is 224. The van der Waals surface area contributed by atoms with E-state index in [4.69, 9.17) is 0 Å². The van der Waals surface area contributed by atoms with Crippen LogP contribution in [0.1, 0.15) is 32.6 Å². The van der Waals surface area contributed by atoms with E-state index in [2.05, 4.69) is 10.2 Å². The number of hydrogen-bond donors (Lipinski definition) is 1. The molecule has 2 heterocycles. The van der Waals surface area contributed by atoms with Gasteiger partial charge in [-0.2, -0.15) is 0 Å². The molecule has 3 nitrogen and oxygen atoms in total. The molecule has 0 aromatic carbocycles. The zero-order chi connectivity index (χ0) is 10.7. The van der Waals surface area contributed by atoms with Gasteiger partial charge in [0.15, 0.2) is 0 Å². The fourth-order valence-electron chi connectivity index (χ4n) is 2.63. The van der Waals surface area contributed by atoms with Gasteiger partial charge in [0.25, 0.3) is 0 Å². The molecule has 86 valence electrons. The first-order valence-corrected chi connectivity index (χ1v) is 6.27. The van der Waals surface area contributed by atoms with Gasteiger partial charge in [-0.1, -0.05) is 6.92 Å². The summed E-state index contributed by atoms with van der Waals surface area (Å²) >= 11 is 0. The van der Waals surface area contributed by atoms with E-state index in [-0.39, 0.29) is 5.92 Å². The van der Waals surface area contributed by atoms with E-state index in [1.54, 1.807) is 0 Å². The molecule has 1 amide bonds. The molecule has 2 saturated heterocycles. The molecule has 0 radical (unpaired) electrons. The Morgan fingerprint density at radius 3 is 2.93 bits per heavy atom. The van der Waals surface area contributed by atoms with Gasteiger partial charge in [-0.3, -0.25) is 4.79 Å². The zero-order valence-corrected chi connectivity index (χ0v) is 9.67. The summed E-state index contributed by atoms with van der Waals surface area (Å²) in [6, 6.07) is 0. The van der Waals surface area contributed by atoms with Crippen molar-refractivity contribution in [2.24, 2.45) is 11.8 Å². The molecule has 3 heteroatoms. The van der Waals surface area contributed by atoms with Gasteiger partial charge < -0.3 is 10.2 Å². The minimum absolute atomic E-state index is 0.273. The molecule has 2 aliphatic heterocycles. The average Bonchev–Trinajstić information content (AvgIpc) is 2.59. The first kappa shape index (κ1) is 10.9. The largest absolute Gasteiger partial charge is 0.342 e. The Kier molecular flexibility index (Phi) is 3.62. The number of nitrogens with zero attached hydrogens (tertiary/aromatic N) is 1. The van der Waals surface area contributed by atoms with Crippen LogP contribution in [-0.2, 0) is 4.79 Å². The quantitative estimate of drug-likeness (QED) is 0.760. The van der Waals surface area contributed by atoms with E-state index in [1.165, 1.54) is 25.8 Å². The van der Waals surface area contributed by atoms with Crippen molar-refractivity contribution in [3.8, 4) is 0 Å². The van der Waals surface area contributed by atoms with E-state index in [0.717, 1.165) is 32.0 Å². The number of rotatable bonds is 3. The van der Waals surface area contributed by atoms with Crippen LogP contribution in [0.4, 0.5) is 0 Å². The summed E-state index contributed by atoms with van der Waals surface area (Å²) in [5, 5.41) is 3.43. The zero-order valence-electron chi connectivity index (χ0n) is 9.67. The van der Waals surface area contributed by atoms with E-state index >= 15 is 0 Å². The summed E-state index contributed by atoms with van der Waals surface area (Å²) in [6.07, 6.45) is 4.88. The lowest BCUT2D eigenvalue weighted by atomic mass is 9.96. The van der Waals surface area contributed by atoms with Crippen LogP contribution in [0, 0.1) is 11.8 Å². The van der Waals surface area contributed by atoms with Crippen molar-refractivity contribution in [1.29, 1.82) is 0 Å². The predicted octanol–water partition coefficient (Wildman–Crippen LogP) is 1.24. The number of carbonyl (C=O) groups is 1. The molecule has 1 N–H and O–H groups in total. The molecule has 2 unspecified atom stereocenters. The number of hydrogen-bond acceptors (Lipinski definition) is 2. The Labute approximate surface area is 92.2 Å². The van der Waals surface area contributed by atoms with Crippen LogP contribution in [0.2, 0.25) is 0 Å². The molecule has 2 aliphatic rings. The van der Waals surface area contributed by atoms with Crippen molar-refractivity contribution >= 4 is 5.91 Å². The molecular weight excluding hydrogens is 188 g/mol. The second kappa shape index (κ2) is 4.97. The molecule has 0 spiro atoms. The minimum Gasteiger partial charge on any atom is -0.342 e. The maximum Gasteiger partial charge on any atom is 0.225 e. The molecule has 0 saturated carbocycles. The summed E-state index contributed by atoms with van der Waals surface area (Å²) in [5.41, 5.74) is 0. The van der Waals surface area contributed by atoms with Crippen molar-refractivity contribution < 1.29 is 4.79 Å². The van der Waals surface area contributed by atoms with Crippen LogP contribution in [-0.4, -0.2) is 37.0 Å². The molecule has 15 heavy (non-hydrogen) atoms. The van der Waals surface area contributed by atoms with Gasteiger partial charge in [-0.25, -0.2) is 0 Å². The molecule has 0 aromatic rings. The summed E-state index contributed by atoms with van der Waals surface area (Å²) in [6.45, 7) is 6.34. The Morgan fingerprint density at radius 2 is 2.33 bits per heavy atom. The third-order valence-corrected chi connectivity index (χ3v) is 3.77. The van der Waals surface area contributed by atoms with Crippen molar-refractivity contribution in [3.63, 3.8) is 0 Å². The molecule has 0 bridgehead atoms. The highest BCUT2D eigenvalue weighted by Crippen LogP contribution is 2.20. The van der Waals surface area contributed by atoms with Crippen molar-refractivity contribution in [3.05, 3.63) is 0 Å². The Balaban J connectivity index is 1.71. The van der Waals surface area contributed by atoms with Crippen molar-refractivity contribution in [2.75, 3.05) is 26.2 Å². The first-order chi connectivity index (χ1) is 7.27. The lowest BCUT2D eigenvalue weighted by Crippen LogP contribution is -2.34. The number of piperidine rings is 1. The number of amides is 1. The Hall–Kier alpha value is -0.570. The standard InChI is InChI=1S/C12H22N2O/c1-10-4-7-14(12(10)15)8-5-11-3-2-6-13-9-11/h10-11,13H,2-9H2,1H3. The van der Waals surface area contributed by atoms with Gasteiger partial charge >= 0.3 is 0 Å². The van der Waals surface area contributed by atoms with Crippen LogP contribution in [0.15, 0.2) is 0 Å². The number of carbonyl (C=O) groups excluding carboxylic acids is 1. The maximum absolute atomic E-state index is 11.7. The summed E-state index contributed by atoms with van der Waals surface area (Å²) in [4.78, 5) is 13.7. The van der Waals surface area contributed by atoms with Gasteiger partial charge in [-0.15, -0.1) is 0 Å². The topological polar surface area (TPSA) is 32.3 Å². The molecule has 2 atom stereocenters. The van der Waals surface area contributed by atoms with Gasteiger partial charge in [0.05, 0.1) is 0 Å². The van der Waals surface area contributed by atoms with Crippen LogP contribution < -0.4 is 5.32 Å². The molecular formula is C12H22N2O. The van der Waals surface area contributed by atoms with Gasteiger partial charge in [0.1, 0.15) is 0 Å². The highest BCUT2D eigenvalue weighted by Gasteiger charge is 2.27. The summed E-state index contributed by atoms with van der Waals surface area (Å²) in [5.74, 6) is 1.44. The SMILES string of the molecule is CC1CCN(CCC2CCCNC2)C1=O.